The molecule has 5 heteroatoms. The van der Waals surface area contributed by atoms with E-state index in [-0.39, 0.29) is 0 Å². The van der Waals surface area contributed by atoms with Gasteiger partial charge in [0.25, 0.3) is 0 Å². The number of nitrogens with one attached hydrogen (secondary N) is 2. The monoisotopic (exact) mass is 243 g/mol. The third-order valence-electron chi connectivity index (χ3n) is 2.59. The first-order valence-corrected chi connectivity index (χ1v) is 6.21. The molecule has 0 spiro atoms. The molecule has 0 atom stereocenters. The minimum Gasteiger partial charge on any atom is -0.346 e. The minimum atomic E-state index is -0.531. The van der Waals surface area contributed by atoms with Crippen LogP contribution in [0.5, 0.6) is 0 Å². The van der Waals surface area contributed by atoms with E-state index in [0.29, 0.717) is 25.2 Å². The average molecular weight is 243 g/mol. The molecule has 0 radical (unpaired) electrons. The van der Waals surface area contributed by atoms with Gasteiger partial charge < -0.3 is 10.6 Å². The summed E-state index contributed by atoms with van der Waals surface area (Å²) in [6.45, 7) is 13.4. The molecule has 0 aliphatic carbocycles. The van der Waals surface area contributed by atoms with Crippen molar-refractivity contribution in [1.82, 2.24) is 15.5 Å². The number of hydrogen-bond donors (Lipinski definition) is 2. The molecule has 1 fully saturated rings. The average Bonchev–Trinajstić information content (AvgIpc) is 2.23. The second-order valence-electron chi connectivity index (χ2n) is 4.53. The predicted molar refractivity (Wildman–Crippen MR) is 68.7 cm³/mol. The van der Waals surface area contributed by atoms with Crippen LogP contribution in [0.3, 0.4) is 0 Å². The first-order chi connectivity index (χ1) is 7.90. The summed E-state index contributed by atoms with van der Waals surface area (Å²) in [4.78, 5) is 23.0. The highest BCUT2D eigenvalue weighted by atomic mass is 16.2. The normalized spacial score (nSPS) is 15.5. The summed E-state index contributed by atoms with van der Waals surface area (Å²) in [5.74, 6) is -1.06. The van der Waals surface area contributed by atoms with Gasteiger partial charge in [-0.3, -0.25) is 14.5 Å². The molecule has 0 unspecified atom stereocenters. The quantitative estimate of drug-likeness (QED) is 0.704. The molecule has 5 nitrogen and oxygen atoms in total. The van der Waals surface area contributed by atoms with Crippen molar-refractivity contribution in [3.05, 3.63) is 0 Å². The zero-order chi connectivity index (χ0) is 13.4. The standard InChI is InChI=1S/C8H19N.C4H6N2O2/c1-6-9(7(2)3)8(4)5;7-3-4(8)6-2-1-5-3/h7-8H,6H2,1-5H3;1-2H2,(H,5,7)(H,6,8). The van der Waals surface area contributed by atoms with E-state index >= 15 is 0 Å². The Hall–Kier alpha value is -1.10. The van der Waals surface area contributed by atoms with E-state index in [0.717, 1.165) is 6.54 Å². The number of carbonyl (C=O) groups excluding carboxylic acids is 2. The molecule has 1 saturated heterocycles. The zero-order valence-electron chi connectivity index (χ0n) is 11.5. The Labute approximate surface area is 104 Å². The van der Waals surface area contributed by atoms with Gasteiger partial charge in [-0.1, -0.05) is 6.92 Å². The summed E-state index contributed by atoms with van der Waals surface area (Å²) >= 11 is 0. The Morgan fingerprint density at radius 1 is 1.00 bits per heavy atom. The molecule has 0 aromatic heterocycles. The van der Waals surface area contributed by atoms with Crippen molar-refractivity contribution in [3.8, 4) is 0 Å². The number of nitrogens with zero attached hydrogens (tertiary/aromatic N) is 1. The van der Waals surface area contributed by atoms with Crippen LogP contribution in [0.15, 0.2) is 0 Å². The largest absolute Gasteiger partial charge is 0.346 e. The predicted octanol–water partition coefficient (Wildman–Crippen LogP) is 0.358. The Balaban J connectivity index is 0.000000302. The van der Waals surface area contributed by atoms with Gasteiger partial charge in [-0.25, -0.2) is 0 Å². The summed E-state index contributed by atoms with van der Waals surface area (Å²) < 4.78 is 0. The lowest BCUT2D eigenvalue weighted by molar-refractivity contribution is -0.140. The smallest absolute Gasteiger partial charge is 0.309 e. The summed E-state index contributed by atoms with van der Waals surface area (Å²) in [5, 5.41) is 4.76. The van der Waals surface area contributed by atoms with E-state index < -0.39 is 11.8 Å². The molecule has 0 bridgehead atoms. The van der Waals surface area contributed by atoms with Gasteiger partial charge in [0.1, 0.15) is 0 Å². The van der Waals surface area contributed by atoms with Gasteiger partial charge in [-0.15, -0.1) is 0 Å². The molecular weight excluding hydrogens is 218 g/mol. The molecule has 1 rings (SSSR count). The van der Waals surface area contributed by atoms with E-state index in [2.05, 4.69) is 50.2 Å². The Kier molecular flexibility index (Phi) is 7.54. The summed E-state index contributed by atoms with van der Waals surface area (Å²) in [6.07, 6.45) is 0. The van der Waals surface area contributed by atoms with Crippen molar-refractivity contribution in [2.24, 2.45) is 0 Å². The molecule has 0 saturated carbocycles. The number of amides is 2. The van der Waals surface area contributed by atoms with E-state index in [9.17, 15) is 9.59 Å². The van der Waals surface area contributed by atoms with Crippen LogP contribution in [0.4, 0.5) is 0 Å². The van der Waals surface area contributed by atoms with Crippen LogP contribution in [0.1, 0.15) is 34.6 Å². The fourth-order valence-corrected chi connectivity index (χ4v) is 1.84. The third kappa shape index (κ3) is 6.26. The molecular formula is C12H25N3O2. The fourth-order valence-electron chi connectivity index (χ4n) is 1.84. The van der Waals surface area contributed by atoms with Gasteiger partial charge in [-0.05, 0) is 34.2 Å². The SMILES string of the molecule is CCN(C(C)C)C(C)C.O=C1NCCNC1=O. The number of piperazine rings is 1. The maximum absolute atomic E-state index is 10.3. The van der Waals surface area contributed by atoms with E-state index in [1.165, 1.54) is 0 Å². The maximum atomic E-state index is 10.3. The van der Waals surface area contributed by atoms with Crippen LogP contribution < -0.4 is 10.6 Å². The second-order valence-corrected chi connectivity index (χ2v) is 4.53. The van der Waals surface area contributed by atoms with Gasteiger partial charge in [0.15, 0.2) is 0 Å². The van der Waals surface area contributed by atoms with Crippen LogP contribution in [0.2, 0.25) is 0 Å². The number of rotatable bonds is 3. The topological polar surface area (TPSA) is 61.4 Å². The van der Waals surface area contributed by atoms with Gasteiger partial charge in [0, 0.05) is 25.2 Å². The van der Waals surface area contributed by atoms with Crippen molar-refractivity contribution in [1.29, 1.82) is 0 Å². The van der Waals surface area contributed by atoms with Crippen molar-refractivity contribution < 1.29 is 9.59 Å². The molecule has 17 heavy (non-hydrogen) atoms. The van der Waals surface area contributed by atoms with Gasteiger partial charge in [0.05, 0.1) is 0 Å². The van der Waals surface area contributed by atoms with Crippen LogP contribution in [-0.4, -0.2) is 48.4 Å². The highest BCUT2D eigenvalue weighted by Gasteiger charge is 2.15. The highest BCUT2D eigenvalue weighted by molar-refractivity contribution is 6.35. The Bertz CT molecular complexity index is 228. The lowest BCUT2D eigenvalue weighted by atomic mass is 10.2. The molecule has 2 N–H and O–H groups in total. The molecule has 0 aromatic rings. The van der Waals surface area contributed by atoms with Crippen LogP contribution in [-0.2, 0) is 9.59 Å². The first-order valence-electron chi connectivity index (χ1n) is 6.21. The first kappa shape index (κ1) is 15.9. The fraction of sp³-hybridized carbons (Fsp3) is 0.833. The molecule has 1 aliphatic heterocycles. The van der Waals surface area contributed by atoms with Gasteiger partial charge in [-0.2, -0.15) is 0 Å². The molecule has 0 aromatic carbocycles. The van der Waals surface area contributed by atoms with Gasteiger partial charge >= 0.3 is 11.8 Å². The summed E-state index contributed by atoms with van der Waals surface area (Å²) in [7, 11) is 0. The zero-order valence-corrected chi connectivity index (χ0v) is 11.5. The van der Waals surface area contributed by atoms with E-state index in [1.807, 2.05) is 0 Å². The number of hydrogen-bond acceptors (Lipinski definition) is 3. The van der Waals surface area contributed by atoms with Crippen LogP contribution in [0, 0.1) is 0 Å². The molecule has 2 amide bonds. The molecule has 100 valence electrons. The maximum Gasteiger partial charge on any atom is 0.309 e. The van der Waals surface area contributed by atoms with Crippen LogP contribution in [0.25, 0.3) is 0 Å². The van der Waals surface area contributed by atoms with Crippen molar-refractivity contribution >= 4 is 11.8 Å². The Morgan fingerprint density at radius 2 is 1.35 bits per heavy atom. The second kappa shape index (κ2) is 8.06. The van der Waals surface area contributed by atoms with E-state index in [1.54, 1.807) is 0 Å². The highest BCUT2D eigenvalue weighted by Crippen LogP contribution is 2.02. The summed E-state index contributed by atoms with van der Waals surface area (Å²) in [6, 6.07) is 1.38. The third-order valence-corrected chi connectivity index (χ3v) is 2.59. The molecule has 1 aliphatic rings. The number of carbonyl (C=O) groups is 2. The van der Waals surface area contributed by atoms with Gasteiger partial charge in [0.2, 0.25) is 0 Å². The summed E-state index contributed by atoms with van der Waals surface area (Å²) in [5.41, 5.74) is 0. The van der Waals surface area contributed by atoms with E-state index in [4.69, 9.17) is 0 Å². The molecule has 1 heterocycles. The van der Waals surface area contributed by atoms with Crippen LogP contribution >= 0.6 is 0 Å². The lowest BCUT2D eigenvalue weighted by Crippen LogP contribution is -2.49. The van der Waals surface area contributed by atoms with Crippen molar-refractivity contribution in [2.45, 2.75) is 46.7 Å². The lowest BCUT2D eigenvalue weighted by Gasteiger charge is -2.28. The van der Waals surface area contributed by atoms with Crippen molar-refractivity contribution in [2.75, 3.05) is 19.6 Å². The Morgan fingerprint density at radius 3 is 1.47 bits per heavy atom. The minimum absolute atomic E-state index is 0.531. The van der Waals surface area contributed by atoms with Crippen molar-refractivity contribution in [3.63, 3.8) is 0 Å².